The van der Waals surface area contributed by atoms with Crippen molar-refractivity contribution >= 4 is 5.91 Å². The Hall–Kier alpha value is -2.16. The molecule has 1 atom stereocenters. The molecule has 2 rings (SSSR count). The normalized spacial score (nSPS) is 11.9. The van der Waals surface area contributed by atoms with Crippen LogP contribution in [0.5, 0.6) is 0 Å². The van der Waals surface area contributed by atoms with Crippen LogP contribution in [0.3, 0.4) is 0 Å². The van der Waals surface area contributed by atoms with Crippen molar-refractivity contribution in [1.29, 1.82) is 0 Å². The molecular weight excluding hydrogens is 260 g/mol. The monoisotopic (exact) mass is 282 g/mol. The van der Waals surface area contributed by atoms with E-state index in [9.17, 15) is 4.79 Å². The van der Waals surface area contributed by atoms with Crippen LogP contribution in [-0.2, 0) is 4.79 Å². The summed E-state index contributed by atoms with van der Waals surface area (Å²) in [4.78, 5) is 16.3. The van der Waals surface area contributed by atoms with Crippen LogP contribution < -0.4 is 5.32 Å². The number of rotatable bonds is 7. The summed E-state index contributed by atoms with van der Waals surface area (Å²) in [6.07, 6.45) is 4.37. The quantitative estimate of drug-likeness (QED) is 0.844. The lowest BCUT2D eigenvalue weighted by Gasteiger charge is -2.17. The topological polar surface area (TPSA) is 42.0 Å². The minimum Gasteiger partial charge on any atom is -0.355 e. The van der Waals surface area contributed by atoms with Gasteiger partial charge in [-0.05, 0) is 24.1 Å². The summed E-state index contributed by atoms with van der Waals surface area (Å²) in [5.74, 6) is 0.215. The smallest absolute Gasteiger partial charge is 0.220 e. The minimum atomic E-state index is 0.0953. The molecule has 0 saturated heterocycles. The van der Waals surface area contributed by atoms with E-state index in [1.165, 1.54) is 5.56 Å². The van der Waals surface area contributed by atoms with E-state index in [0.717, 1.165) is 18.5 Å². The van der Waals surface area contributed by atoms with E-state index in [-0.39, 0.29) is 11.8 Å². The van der Waals surface area contributed by atoms with Crippen LogP contribution in [0, 0.1) is 0 Å². The maximum absolute atomic E-state index is 11.8. The van der Waals surface area contributed by atoms with Crippen molar-refractivity contribution < 1.29 is 4.79 Å². The molecule has 0 aliphatic rings. The summed E-state index contributed by atoms with van der Waals surface area (Å²) < 4.78 is 0. The summed E-state index contributed by atoms with van der Waals surface area (Å²) in [5.41, 5.74) is 2.16. The first kappa shape index (κ1) is 15.2. The van der Waals surface area contributed by atoms with Crippen LogP contribution in [0.25, 0.3) is 0 Å². The van der Waals surface area contributed by atoms with E-state index < -0.39 is 0 Å². The second kappa shape index (κ2) is 8.20. The molecule has 0 fully saturated rings. The summed E-state index contributed by atoms with van der Waals surface area (Å²) in [7, 11) is 0. The Labute approximate surface area is 126 Å². The summed E-state index contributed by atoms with van der Waals surface area (Å²) >= 11 is 0. The number of carbonyl (C=O) groups excluding carboxylic acids is 1. The van der Waals surface area contributed by atoms with Gasteiger partial charge in [0.1, 0.15) is 0 Å². The van der Waals surface area contributed by atoms with Crippen molar-refractivity contribution in [3.05, 3.63) is 66.0 Å². The number of benzene rings is 1. The molecule has 110 valence electrons. The Balaban J connectivity index is 2.09. The predicted molar refractivity (Wildman–Crippen MR) is 85.1 cm³/mol. The Morgan fingerprint density at radius 3 is 2.57 bits per heavy atom. The zero-order valence-electron chi connectivity index (χ0n) is 12.5. The molecule has 0 aliphatic heterocycles. The number of unbranched alkanes of at least 4 members (excludes halogenated alkanes) is 1. The molecule has 0 saturated carbocycles. The van der Waals surface area contributed by atoms with Gasteiger partial charge in [-0.3, -0.25) is 9.78 Å². The average Bonchev–Trinajstić information content (AvgIpc) is 2.55. The zero-order valence-corrected chi connectivity index (χ0v) is 12.5. The van der Waals surface area contributed by atoms with Crippen molar-refractivity contribution in [2.24, 2.45) is 0 Å². The third kappa shape index (κ3) is 4.71. The SMILES string of the molecule is CCCCC(=O)NCC(c1ccccc1)c1ccccn1. The van der Waals surface area contributed by atoms with Gasteiger partial charge in [-0.1, -0.05) is 49.7 Å². The van der Waals surface area contributed by atoms with Crippen LogP contribution in [0.15, 0.2) is 54.7 Å². The Morgan fingerprint density at radius 1 is 1.14 bits per heavy atom. The summed E-state index contributed by atoms with van der Waals surface area (Å²) in [6, 6.07) is 16.1. The summed E-state index contributed by atoms with van der Waals surface area (Å²) in [6.45, 7) is 2.68. The molecule has 0 bridgehead atoms. The number of pyridine rings is 1. The highest BCUT2D eigenvalue weighted by molar-refractivity contribution is 5.75. The van der Waals surface area contributed by atoms with Gasteiger partial charge >= 0.3 is 0 Å². The largest absolute Gasteiger partial charge is 0.355 e. The van der Waals surface area contributed by atoms with Gasteiger partial charge in [0.25, 0.3) is 0 Å². The molecule has 1 heterocycles. The lowest BCUT2D eigenvalue weighted by atomic mass is 9.95. The van der Waals surface area contributed by atoms with Crippen LogP contribution in [0.1, 0.15) is 43.4 Å². The number of nitrogens with zero attached hydrogens (tertiary/aromatic N) is 1. The predicted octanol–water partition coefficient (Wildman–Crippen LogP) is 3.52. The van der Waals surface area contributed by atoms with Gasteiger partial charge in [0, 0.05) is 30.8 Å². The molecule has 1 aromatic heterocycles. The second-order valence-corrected chi connectivity index (χ2v) is 5.13. The molecule has 1 amide bonds. The zero-order chi connectivity index (χ0) is 14.9. The van der Waals surface area contributed by atoms with E-state index in [0.29, 0.717) is 13.0 Å². The molecule has 3 heteroatoms. The van der Waals surface area contributed by atoms with Crippen molar-refractivity contribution in [1.82, 2.24) is 10.3 Å². The Morgan fingerprint density at radius 2 is 1.90 bits per heavy atom. The fourth-order valence-corrected chi connectivity index (χ4v) is 2.30. The molecule has 21 heavy (non-hydrogen) atoms. The number of hydrogen-bond donors (Lipinski definition) is 1. The fourth-order valence-electron chi connectivity index (χ4n) is 2.30. The van der Waals surface area contributed by atoms with Gasteiger partial charge in [-0.2, -0.15) is 0 Å². The molecule has 1 N–H and O–H groups in total. The van der Waals surface area contributed by atoms with Crippen LogP contribution >= 0.6 is 0 Å². The van der Waals surface area contributed by atoms with Gasteiger partial charge in [-0.15, -0.1) is 0 Å². The maximum atomic E-state index is 11.8. The number of amides is 1. The molecule has 1 unspecified atom stereocenters. The van der Waals surface area contributed by atoms with E-state index in [2.05, 4.69) is 29.4 Å². The third-order valence-corrected chi connectivity index (χ3v) is 3.51. The lowest BCUT2D eigenvalue weighted by molar-refractivity contribution is -0.121. The van der Waals surface area contributed by atoms with Crippen LogP contribution in [0.2, 0.25) is 0 Å². The molecule has 1 aromatic carbocycles. The van der Waals surface area contributed by atoms with Gasteiger partial charge in [0.15, 0.2) is 0 Å². The van der Waals surface area contributed by atoms with Crippen LogP contribution in [0.4, 0.5) is 0 Å². The van der Waals surface area contributed by atoms with E-state index in [4.69, 9.17) is 0 Å². The first-order valence-electron chi connectivity index (χ1n) is 7.54. The van der Waals surface area contributed by atoms with Gasteiger partial charge in [0.2, 0.25) is 5.91 Å². The third-order valence-electron chi connectivity index (χ3n) is 3.51. The van der Waals surface area contributed by atoms with Gasteiger partial charge in [-0.25, -0.2) is 0 Å². The number of nitrogens with one attached hydrogen (secondary N) is 1. The Bertz CT molecular complexity index is 500. The fraction of sp³-hybridized carbons (Fsp3) is 0.333. The lowest BCUT2D eigenvalue weighted by Crippen LogP contribution is -2.29. The molecule has 2 aromatic rings. The van der Waals surface area contributed by atoms with Crippen molar-refractivity contribution in [2.75, 3.05) is 6.54 Å². The van der Waals surface area contributed by atoms with Gasteiger partial charge in [0.05, 0.1) is 0 Å². The highest BCUT2D eigenvalue weighted by atomic mass is 16.1. The van der Waals surface area contributed by atoms with E-state index in [1.807, 2.05) is 36.4 Å². The van der Waals surface area contributed by atoms with Crippen molar-refractivity contribution in [3.8, 4) is 0 Å². The molecule has 3 nitrogen and oxygen atoms in total. The first-order chi connectivity index (χ1) is 10.3. The molecular formula is C18H22N2O. The van der Waals surface area contributed by atoms with E-state index in [1.54, 1.807) is 6.20 Å². The highest BCUT2D eigenvalue weighted by Gasteiger charge is 2.16. The number of hydrogen-bond acceptors (Lipinski definition) is 2. The number of carbonyl (C=O) groups is 1. The van der Waals surface area contributed by atoms with Crippen molar-refractivity contribution in [3.63, 3.8) is 0 Å². The molecule has 0 radical (unpaired) electrons. The molecule has 0 spiro atoms. The standard InChI is InChI=1S/C18H22N2O/c1-2-3-12-18(21)20-14-16(15-9-5-4-6-10-15)17-11-7-8-13-19-17/h4-11,13,16H,2-3,12,14H2,1H3,(H,20,21). The maximum Gasteiger partial charge on any atom is 0.220 e. The first-order valence-corrected chi connectivity index (χ1v) is 7.54. The van der Waals surface area contributed by atoms with Gasteiger partial charge < -0.3 is 5.32 Å². The summed E-state index contributed by atoms with van der Waals surface area (Å²) in [5, 5.41) is 3.04. The van der Waals surface area contributed by atoms with Crippen LogP contribution in [-0.4, -0.2) is 17.4 Å². The van der Waals surface area contributed by atoms with Crippen molar-refractivity contribution in [2.45, 2.75) is 32.1 Å². The average molecular weight is 282 g/mol. The minimum absolute atomic E-state index is 0.0953. The Kier molecular flexibility index (Phi) is 5.95. The second-order valence-electron chi connectivity index (χ2n) is 5.13. The molecule has 0 aliphatic carbocycles. The van der Waals surface area contributed by atoms with E-state index >= 15 is 0 Å². The highest BCUT2D eigenvalue weighted by Crippen LogP contribution is 2.21. The number of aromatic nitrogens is 1.